The van der Waals surface area contributed by atoms with Crippen LogP contribution in [-0.4, -0.2) is 25.3 Å². The van der Waals surface area contributed by atoms with Crippen LogP contribution in [0.25, 0.3) is 0 Å². The standard InChI is InChI=1S/C18H19BrN2O3/c1-3-23-16-7-4-14(5-8-16)11-20-24-12-18(22)21-15-6-9-17(19)13(2)10-15/h4-11H,3,12H2,1-2H3,(H,21,22)/b20-11+. The van der Waals surface area contributed by atoms with Crippen LogP contribution < -0.4 is 10.1 Å². The Morgan fingerprint density at radius 2 is 2.00 bits per heavy atom. The quantitative estimate of drug-likeness (QED) is 0.570. The lowest BCUT2D eigenvalue weighted by molar-refractivity contribution is -0.120. The molecule has 6 heteroatoms. The Labute approximate surface area is 149 Å². The molecular formula is C18H19BrN2O3. The molecule has 1 amide bonds. The molecule has 2 aromatic carbocycles. The zero-order chi connectivity index (χ0) is 17.4. The fourth-order valence-corrected chi connectivity index (χ4v) is 2.18. The molecule has 5 nitrogen and oxygen atoms in total. The number of aryl methyl sites for hydroxylation is 1. The molecule has 2 aromatic rings. The molecule has 0 saturated carbocycles. The van der Waals surface area contributed by atoms with E-state index in [4.69, 9.17) is 9.57 Å². The molecule has 0 heterocycles. The van der Waals surface area contributed by atoms with Gasteiger partial charge in [-0.25, -0.2) is 0 Å². The number of hydrogen-bond acceptors (Lipinski definition) is 4. The van der Waals surface area contributed by atoms with Crippen LogP contribution in [0.1, 0.15) is 18.1 Å². The molecule has 0 aliphatic heterocycles. The Morgan fingerprint density at radius 3 is 2.67 bits per heavy atom. The minimum atomic E-state index is -0.263. The topological polar surface area (TPSA) is 59.9 Å². The van der Waals surface area contributed by atoms with Crippen molar-refractivity contribution in [3.8, 4) is 5.75 Å². The second kappa shape index (κ2) is 9.08. The molecule has 0 saturated heterocycles. The first kappa shape index (κ1) is 18.0. The fourth-order valence-electron chi connectivity index (χ4n) is 1.93. The van der Waals surface area contributed by atoms with E-state index in [2.05, 4.69) is 26.4 Å². The Kier molecular flexibility index (Phi) is 6.81. The summed E-state index contributed by atoms with van der Waals surface area (Å²) < 4.78 is 6.36. The van der Waals surface area contributed by atoms with Crippen LogP contribution in [0.2, 0.25) is 0 Å². The summed E-state index contributed by atoms with van der Waals surface area (Å²) in [5.41, 5.74) is 2.63. The Balaban J connectivity index is 1.78. The molecule has 0 bridgehead atoms. The van der Waals surface area contributed by atoms with Gasteiger partial charge in [0, 0.05) is 10.2 Å². The van der Waals surface area contributed by atoms with Gasteiger partial charge in [0.25, 0.3) is 5.91 Å². The monoisotopic (exact) mass is 390 g/mol. The van der Waals surface area contributed by atoms with Crippen LogP contribution in [0.5, 0.6) is 5.75 Å². The van der Waals surface area contributed by atoms with E-state index in [1.807, 2.05) is 56.3 Å². The molecule has 24 heavy (non-hydrogen) atoms. The van der Waals surface area contributed by atoms with Gasteiger partial charge < -0.3 is 14.9 Å². The summed E-state index contributed by atoms with van der Waals surface area (Å²) in [7, 11) is 0. The molecule has 126 valence electrons. The van der Waals surface area contributed by atoms with Crippen molar-refractivity contribution in [2.24, 2.45) is 5.16 Å². The van der Waals surface area contributed by atoms with E-state index < -0.39 is 0 Å². The lowest BCUT2D eigenvalue weighted by Crippen LogP contribution is -2.17. The normalized spacial score (nSPS) is 10.6. The predicted molar refractivity (Wildman–Crippen MR) is 98.7 cm³/mol. The predicted octanol–water partition coefficient (Wildman–Crippen LogP) is 4.15. The van der Waals surface area contributed by atoms with Gasteiger partial charge in [0.2, 0.25) is 0 Å². The Hall–Kier alpha value is -2.34. The van der Waals surface area contributed by atoms with Crippen LogP contribution in [0.4, 0.5) is 5.69 Å². The summed E-state index contributed by atoms with van der Waals surface area (Å²) in [5, 5.41) is 6.55. The van der Waals surface area contributed by atoms with Gasteiger partial charge in [-0.2, -0.15) is 0 Å². The number of ether oxygens (including phenoxy) is 1. The summed E-state index contributed by atoms with van der Waals surface area (Å²) in [6, 6.07) is 13.0. The number of carbonyl (C=O) groups is 1. The maximum Gasteiger partial charge on any atom is 0.265 e. The van der Waals surface area contributed by atoms with E-state index in [0.29, 0.717) is 6.61 Å². The summed E-state index contributed by atoms with van der Waals surface area (Å²) >= 11 is 3.42. The Morgan fingerprint density at radius 1 is 1.25 bits per heavy atom. The van der Waals surface area contributed by atoms with Crippen molar-refractivity contribution in [3.63, 3.8) is 0 Å². The zero-order valence-corrected chi connectivity index (χ0v) is 15.2. The first-order valence-corrected chi connectivity index (χ1v) is 8.32. The maximum absolute atomic E-state index is 11.8. The lowest BCUT2D eigenvalue weighted by atomic mass is 10.2. The third-order valence-corrected chi connectivity index (χ3v) is 3.99. The van der Waals surface area contributed by atoms with Crippen LogP contribution in [0.3, 0.4) is 0 Å². The highest BCUT2D eigenvalue weighted by molar-refractivity contribution is 9.10. The van der Waals surface area contributed by atoms with E-state index in [1.165, 1.54) is 0 Å². The largest absolute Gasteiger partial charge is 0.494 e. The van der Waals surface area contributed by atoms with Crippen molar-refractivity contribution >= 4 is 33.7 Å². The zero-order valence-electron chi connectivity index (χ0n) is 13.6. The average molecular weight is 391 g/mol. The summed E-state index contributed by atoms with van der Waals surface area (Å²) in [6.45, 7) is 4.37. The van der Waals surface area contributed by atoms with Crippen molar-refractivity contribution in [3.05, 3.63) is 58.1 Å². The highest BCUT2D eigenvalue weighted by atomic mass is 79.9. The van der Waals surface area contributed by atoms with Gasteiger partial charge in [0.05, 0.1) is 12.8 Å². The van der Waals surface area contributed by atoms with Gasteiger partial charge in [0.1, 0.15) is 5.75 Å². The molecule has 0 spiro atoms. The smallest absolute Gasteiger partial charge is 0.265 e. The first-order valence-electron chi connectivity index (χ1n) is 7.52. The molecule has 1 N–H and O–H groups in total. The van der Waals surface area contributed by atoms with E-state index in [1.54, 1.807) is 6.21 Å². The number of anilines is 1. The summed E-state index contributed by atoms with van der Waals surface area (Å²) in [5.74, 6) is 0.542. The molecule has 0 aliphatic carbocycles. The molecule has 0 radical (unpaired) electrons. The highest BCUT2D eigenvalue weighted by Gasteiger charge is 2.04. The minimum Gasteiger partial charge on any atom is -0.494 e. The van der Waals surface area contributed by atoms with Gasteiger partial charge >= 0.3 is 0 Å². The van der Waals surface area contributed by atoms with Crippen LogP contribution in [0, 0.1) is 6.92 Å². The summed E-state index contributed by atoms with van der Waals surface area (Å²) in [6.07, 6.45) is 1.55. The lowest BCUT2D eigenvalue weighted by Gasteiger charge is -2.06. The van der Waals surface area contributed by atoms with Crippen LogP contribution in [-0.2, 0) is 9.63 Å². The third kappa shape index (κ3) is 5.70. The summed E-state index contributed by atoms with van der Waals surface area (Å²) in [4.78, 5) is 16.8. The fraction of sp³-hybridized carbons (Fsp3) is 0.222. The van der Waals surface area contributed by atoms with E-state index >= 15 is 0 Å². The van der Waals surface area contributed by atoms with E-state index in [9.17, 15) is 4.79 Å². The van der Waals surface area contributed by atoms with Gasteiger partial charge in [-0.15, -0.1) is 0 Å². The number of halogens is 1. The molecular weight excluding hydrogens is 372 g/mol. The third-order valence-electron chi connectivity index (χ3n) is 3.10. The number of hydrogen-bond donors (Lipinski definition) is 1. The van der Waals surface area contributed by atoms with E-state index in [0.717, 1.165) is 27.0 Å². The number of nitrogens with one attached hydrogen (secondary N) is 1. The molecule has 0 atom stereocenters. The number of oxime groups is 1. The molecule has 0 aromatic heterocycles. The maximum atomic E-state index is 11.8. The molecule has 0 unspecified atom stereocenters. The van der Waals surface area contributed by atoms with Gasteiger partial charge in [-0.3, -0.25) is 4.79 Å². The van der Waals surface area contributed by atoms with Crippen LogP contribution in [0.15, 0.2) is 52.1 Å². The SMILES string of the molecule is CCOc1ccc(/C=N/OCC(=O)Nc2ccc(Br)c(C)c2)cc1. The van der Waals surface area contributed by atoms with Crippen molar-refractivity contribution in [2.75, 3.05) is 18.5 Å². The second-order valence-electron chi connectivity index (χ2n) is 5.02. The molecule has 0 fully saturated rings. The first-order chi connectivity index (χ1) is 11.6. The molecule has 0 aliphatic rings. The van der Waals surface area contributed by atoms with Crippen molar-refractivity contribution in [2.45, 2.75) is 13.8 Å². The highest BCUT2D eigenvalue weighted by Crippen LogP contribution is 2.19. The second-order valence-corrected chi connectivity index (χ2v) is 5.88. The Bertz CT molecular complexity index is 715. The van der Waals surface area contributed by atoms with E-state index in [-0.39, 0.29) is 12.5 Å². The van der Waals surface area contributed by atoms with Gasteiger partial charge in [-0.1, -0.05) is 21.1 Å². The van der Waals surface area contributed by atoms with Gasteiger partial charge in [-0.05, 0) is 67.4 Å². The number of rotatable bonds is 7. The van der Waals surface area contributed by atoms with Gasteiger partial charge in [0.15, 0.2) is 6.61 Å². The van der Waals surface area contributed by atoms with Crippen molar-refractivity contribution in [1.82, 2.24) is 0 Å². The molecule has 2 rings (SSSR count). The van der Waals surface area contributed by atoms with Crippen LogP contribution >= 0.6 is 15.9 Å². The number of nitrogens with zero attached hydrogens (tertiary/aromatic N) is 1. The minimum absolute atomic E-state index is 0.150. The number of benzene rings is 2. The average Bonchev–Trinajstić information content (AvgIpc) is 2.57. The van der Waals surface area contributed by atoms with Crippen molar-refractivity contribution < 1.29 is 14.4 Å². The number of amides is 1. The van der Waals surface area contributed by atoms with Crippen molar-refractivity contribution in [1.29, 1.82) is 0 Å². The number of carbonyl (C=O) groups excluding carboxylic acids is 1.